The molecule has 1 heterocycles. The van der Waals surface area contributed by atoms with Gasteiger partial charge < -0.3 is 9.47 Å². The zero-order chi connectivity index (χ0) is 20.8. The van der Waals surface area contributed by atoms with Crippen molar-refractivity contribution in [3.8, 4) is 5.75 Å². The zero-order valence-electron chi connectivity index (χ0n) is 17.4. The van der Waals surface area contributed by atoms with Gasteiger partial charge in [-0.3, -0.25) is 9.79 Å². The summed E-state index contributed by atoms with van der Waals surface area (Å²) in [5, 5.41) is 0. The lowest BCUT2D eigenvalue weighted by atomic mass is 9.69. The first-order valence-corrected chi connectivity index (χ1v) is 11.5. The van der Waals surface area contributed by atoms with Crippen LogP contribution in [0.25, 0.3) is 0 Å². The quantitative estimate of drug-likeness (QED) is 0.460. The summed E-state index contributed by atoms with van der Waals surface area (Å²) in [7, 11) is 0. The molecule has 1 aliphatic carbocycles. The molecule has 0 radical (unpaired) electrons. The van der Waals surface area contributed by atoms with Gasteiger partial charge in [-0.25, -0.2) is 4.79 Å². The van der Waals surface area contributed by atoms with Crippen molar-refractivity contribution in [2.45, 2.75) is 46.0 Å². The number of para-hydroxylation sites is 1. The second kappa shape index (κ2) is 10.1. The van der Waals surface area contributed by atoms with Gasteiger partial charge in [0, 0.05) is 35.1 Å². The summed E-state index contributed by atoms with van der Waals surface area (Å²) in [5.41, 5.74) is 2.88. The number of hydrogen-bond acceptors (Lipinski definition) is 6. The first-order valence-electron chi connectivity index (χ1n) is 10.4. The Morgan fingerprint density at radius 3 is 2.76 bits per heavy atom. The maximum atomic E-state index is 13.1. The monoisotopic (exact) mass is 415 g/mol. The third kappa shape index (κ3) is 4.74. The molecule has 2 aliphatic rings. The predicted molar refractivity (Wildman–Crippen MR) is 117 cm³/mol. The molecular weight excluding hydrogens is 386 g/mol. The molecule has 156 valence electrons. The molecule has 5 nitrogen and oxygen atoms in total. The molecule has 1 unspecified atom stereocenters. The van der Waals surface area contributed by atoms with Crippen LogP contribution < -0.4 is 4.74 Å². The van der Waals surface area contributed by atoms with Crippen molar-refractivity contribution in [2.75, 3.05) is 24.7 Å². The Morgan fingerprint density at radius 2 is 2.00 bits per heavy atom. The van der Waals surface area contributed by atoms with Crippen molar-refractivity contribution >= 4 is 29.2 Å². The second-order valence-corrected chi connectivity index (χ2v) is 8.57. The topological polar surface area (TPSA) is 65.0 Å². The van der Waals surface area contributed by atoms with E-state index in [1.807, 2.05) is 38.1 Å². The molecule has 1 aliphatic heterocycles. The van der Waals surface area contributed by atoms with Gasteiger partial charge in [-0.05, 0) is 38.5 Å². The Bertz CT molecular complexity index is 830. The summed E-state index contributed by atoms with van der Waals surface area (Å²) < 4.78 is 11.4. The molecule has 1 saturated carbocycles. The molecular formula is C23H29NO4S. The van der Waals surface area contributed by atoms with E-state index in [1.165, 1.54) is 0 Å². The summed E-state index contributed by atoms with van der Waals surface area (Å²) in [4.78, 5) is 30.7. The van der Waals surface area contributed by atoms with Crippen LogP contribution in [0, 0.1) is 5.92 Å². The fourth-order valence-electron chi connectivity index (χ4n) is 4.16. The molecule has 1 fully saturated rings. The SMILES string of the molecule is CCOc1ccccc1[C@@H]1C(C(=O)OCCSCC)=C(C)N=C2CCCC(=O)C21. The van der Waals surface area contributed by atoms with Crippen LogP contribution in [0.15, 0.2) is 40.5 Å². The molecule has 1 aromatic rings. The number of ketones is 1. The highest BCUT2D eigenvalue weighted by Crippen LogP contribution is 2.45. The van der Waals surface area contributed by atoms with Gasteiger partial charge in [0.05, 0.1) is 18.1 Å². The summed E-state index contributed by atoms with van der Waals surface area (Å²) in [5.74, 6) is 1.38. The van der Waals surface area contributed by atoms with Crippen LogP contribution in [0.5, 0.6) is 5.75 Å². The molecule has 0 spiro atoms. The lowest BCUT2D eigenvalue weighted by molar-refractivity contribution is -0.139. The van der Waals surface area contributed by atoms with E-state index in [4.69, 9.17) is 9.47 Å². The number of carbonyl (C=O) groups excluding carboxylic acids is 2. The van der Waals surface area contributed by atoms with Crippen molar-refractivity contribution in [3.05, 3.63) is 41.1 Å². The van der Waals surface area contributed by atoms with Gasteiger partial charge in [-0.1, -0.05) is 25.1 Å². The smallest absolute Gasteiger partial charge is 0.336 e. The summed E-state index contributed by atoms with van der Waals surface area (Å²) in [6.45, 7) is 6.71. The predicted octanol–water partition coefficient (Wildman–Crippen LogP) is 4.56. The average molecular weight is 416 g/mol. The van der Waals surface area contributed by atoms with Gasteiger partial charge in [0.25, 0.3) is 0 Å². The summed E-state index contributed by atoms with van der Waals surface area (Å²) >= 11 is 1.73. The fourth-order valence-corrected chi connectivity index (χ4v) is 4.65. The minimum absolute atomic E-state index is 0.144. The summed E-state index contributed by atoms with van der Waals surface area (Å²) in [6.07, 6.45) is 2.12. The van der Waals surface area contributed by atoms with E-state index < -0.39 is 11.8 Å². The number of fused-ring (bicyclic) bond motifs is 1. The van der Waals surface area contributed by atoms with E-state index in [0.717, 1.165) is 35.6 Å². The van der Waals surface area contributed by atoms with Crippen molar-refractivity contribution in [3.63, 3.8) is 0 Å². The first-order chi connectivity index (χ1) is 14.1. The van der Waals surface area contributed by atoms with E-state index >= 15 is 0 Å². The lowest BCUT2D eigenvalue weighted by Gasteiger charge is -2.36. The number of nitrogens with zero attached hydrogens (tertiary/aromatic N) is 1. The zero-order valence-corrected chi connectivity index (χ0v) is 18.2. The van der Waals surface area contributed by atoms with E-state index in [9.17, 15) is 9.59 Å². The number of esters is 1. The van der Waals surface area contributed by atoms with Crippen molar-refractivity contribution in [1.82, 2.24) is 0 Å². The van der Waals surface area contributed by atoms with Crippen molar-refractivity contribution < 1.29 is 19.1 Å². The fraction of sp³-hybridized carbons (Fsp3) is 0.522. The van der Waals surface area contributed by atoms with Crippen LogP contribution in [0.2, 0.25) is 0 Å². The molecule has 29 heavy (non-hydrogen) atoms. The highest BCUT2D eigenvalue weighted by Gasteiger charge is 2.44. The minimum atomic E-state index is -0.415. The van der Waals surface area contributed by atoms with Crippen LogP contribution in [0.3, 0.4) is 0 Å². The minimum Gasteiger partial charge on any atom is -0.494 e. The lowest BCUT2D eigenvalue weighted by Crippen LogP contribution is -2.39. The number of ether oxygens (including phenoxy) is 2. The van der Waals surface area contributed by atoms with Gasteiger partial charge in [-0.2, -0.15) is 11.8 Å². The number of Topliss-reactive ketones (excluding diaryl/α,β-unsaturated/α-hetero) is 1. The maximum absolute atomic E-state index is 13.1. The number of benzene rings is 1. The number of carbonyl (C=O) groups is 2. The first kappa shape index (κ1) is 21.6. The molecule has 3 rings (SSSR count). The van der Waals surface area contributed by atoms with Gasteiger partial charge in [0.1, 0.15) is 18.1 Å². The molecule has 2 atom stereocenters. The highest BCUT2D eigenvalue weighted by atomic mass is 32.2. The molecule has 1 aromatic carbocycles. The maximum Gasteiger partial charge on any atom is 0.336 e. The Morgan fingerprint density at radius 1 is 1.21 bits per heavy atom. The van der Waals surface area contributed by atoms with Crippen molar-refractivity contribution in [2.24, 2.45) is 10.9 Å². The Labute approximate surface area is 177 Å². The highest BCUT2D eigenvalue weighted by molar-refractivity contribution is 7.99. The van der Waals surface area contributed by atoms with Crippen LogP contribution in [0.4, 0.5) is 0 Å². The van der Waals surface area contributed by atoms with Gasteiger partial charge >= 0.3 is 5.97 Å². The number of aliphatic imine (C=N–C) groups is 1. The van der Waals surface area contributed by atoms with Crippen LogP contribution >= 0.6 is 11.8 Å². The number of hydrogen-bond donors (Lipinski definition) is 0. The van der Waals surface area contributed by atoms with Crippen LogP contribution in [-0.4, -0.2) is 42.2 Å². The normalized spacial score (nSPS) is 21.5. The molecule has 0 aromatic heterocycles. The van der Waals surface area contributed by atoms with E-state index in [2.05, 4.69) is 11.9 Å². The molecule has 0 amide bonds. The Balaban J connectivity index is 2.03. The van der Waals surface area contributed by atoms with Gasteiger partial charge in [0.15, 0.2) is 0 Å². The largest absolute Gasteiger partial charge is 0.494 e. The van der Waals surface area contributed by atoms with E-state index in [-0.39, 0.29) is 11.8 Å². The van der Waals surface area contributed by atoms with E-state index in [0.29, 0.717) is 36.7 Å². The molecule has 0 bridgehead atoms. The standard InChI is InChI=1S/C23H29NO4S/c1-4-27-19-12-7-6-9-16(19)21-20(23(26)28-13-14-29-5-2)15(3)24-17-10-8-11-18(25)22(17)21/h6-7,9,12,21-22H,4-5,8,10-11,13-14H2,1-3H3/t21-,22?/m1/s1. The molecule has 0 N–H and O–H groups in total. The molecule has 0 saturated heterocycles. The Kier molecular flexibility index (Phi) is 7.53. The average Bonchev–Trinajstić information content (AvgIpc) is 2.71. The number of allylic oxidation sites excluding steroid dienone is 1. The van der Waals surface area contributed by atoms with E-state index in [1.54, 1.807) is 11.8 Å². The second-order valence-electron chi connectivity index (χ2n) is 7.18. The van der Waals surface area contributed by atoms with Gasteiger partial charge in [-0.15, -0.1) is 0 Å². The third-order valence-electron chi connectivity index (χ3n) is 5.35. The Hall–Kier alpha value is -2.08. The third-order valence-corrected chi connectivity index (χ3v) is 6.21. The van der Waals surface area contributed by atoms with Gasteiger partial charge in [0.2, 0.25) is 0 Å². The van der Waals surface area contributed by atoms with Crippen LogP contribution in [0.1, 0.15) is 51.5 Å². The number of thioether (sulfide) groups is 1. The van der Waals surface area contributed by atoms with Crippen molar-refractivity contribution in [1.29, 1.82) is 0 Å². The summed E-state index contributed by atoms with van der Waals surface area (Å²) in [6, 6.07) is 7.68. The van der Waals surface area contributed by atoms with Crippen LogP contribution in [-0.2, 0) is 14.3 Å². The molecule has 6 heteroatoms. The number of rotatable bonds is 8.